The van der Waals surface area contributed by atoms with Gasteiger partial charge in [-0.3, -0.25) is 4.98 Å². The van der Waals surface area contributed by atoms with Crippen molar-refractivity contribution in [3.05, 3.63) is 133 Å². The molecule has 5 aromatic carbocycles. The minimum atomic E-state index is -2.65. The van der Waals surface area contributed by atoms with Crippen molar-refractivity contribution in [2.24, 2.45) is 0 Å². The van der Waals surface area contributed by atoms with E-state index in [2.05, 4.69) is 6.07 Å². The Hall–Kier alpha value is -4.80. The number of hydrogen-bond donors (Lipinski definition) is 1. The number of rotatable bonds is 6. The molecule has 0 bridgehead atoms. The summed E-state index contributed by atoms with van der Waals surface area (Å²) >= 11 is 0. The molecule has 1 aliphatic rings. The zero-order valence-electron chi connectivity index (χ0n) is 30.9. The largest absolute Gasteiger partial charge is 2.00 e. The molecule has 0 amide bonds. The van der Waals surface area contributed by atoms with Gasteiger partial charge in [0.15, 0.2) is 5.58 Å². The number of phenols is 1. The number of fused-ring (bicyclic) bond motifs is 4. The standard InChI is InChI=1S/C40H34N4O2.Pt/c1-25(2)29-14-10-15-30(26(3)4)37(29)44-34-17-7-6-16-33(34)41-40(44)27-11-9-12-28(23-27)42-21-22-43(24-42)38-35(45)20-19-32-31-13-5-8-18-36(31)46-39(32)38;/h5-22,24-26,45H,1-4H3;/q-2;+2/i1D3,25D,26D;. The van der Waals surface area contributed by atoms with Crippen LogP contribution in [0.15, 0.2) is 114 Å². The van der Waals surface area contributed by atoms with Crippen LogP contribution < -0.4 is 9.80 Å². The number of hydrogen-bond acceptors (Lipinski definition) is 5. The van der Waals surface area contributed by atoms with Gasteiger partial charge in [-0.1, -0.05) is 81.8 Å². The average Bonchev–Trinajstić information content (AvgIpc) is 3.83. The summed E-state index contributed by atoms with van der Waals surface area (Å²) in [6, 6.07) is 33.3. The average molecular weight is 803 g/mol. The number of imidazole rings is 1. The second-order valence-corrected chi connectivity index (χ2v) is 11.7. The molecule has 0 aliphatic carbocycles. The molecule has 1 aliphatic heterocycles. The molecule has 3 heterocycles. The summed E-state index contributed by atoms with van der Waals surface area (Å²) < 4.78 is 51.3. The van der Waals surface area contributed by atoms with E-state index in [1.807, 2.05) is 107 Å². The Balaban J connectivity index is 0.00000420. The van der Waals surface area contributed by atoms with Gasteiger partial charge in [-0.2, -0.15) is 0 Å². The van der Waals surface area contributed by atoms with E-state index in [0.717, 1.165) is 16.4 Å². The topological polar surface area (TPSA) is 57.7 Å². The van der Waals surface area contributed by atoms with Gasteiger partial charge in [-0.15, -0.1) is 36.5 Å². The number of benzene rings is 5. The molecule has 0 saturated carbocycles. The molecule has 0 radical (unpaired) electrons. The third-order valence-corrected chi connectivity index (χ3v) is 8.46. The Labute approximate surface area is 295 Å². The van der Waals surface area contributed by atoms with Gasteiger partial charge < -0.3 is 23.9 Å². The first kappa shape index (κ1) is 25.3. The molecule has 236 valence electrons. The van der Waals surface area contributed by atoms with Crippen molar-refractivity contribution in [2.45, 2.75) is 39.4 Å². The maximum atomic E-state index is 11.0. The molecule has 1 unspecified atom stereocenters. The first-order valence-corrected chi connectivity index (χ1v) is 15.1. The minimum absolute atomic E-state index is 0. The van der Waals surface area contributed by atoms with Gasteiger partial charge in [0.2, 0.25) is 0 Å². The van der Waals surface area contributed by atoms with Crippen LogP contribution in [0.25, 0.3) is 50.0 Å². The predicted molar refractivity (Wildman–Crippen MR) is 187 cm³/mol. The van der Waals surface area contributed by atoms with E-state index < -0.39 is 18.6 Å². The van der Waals surface area contributed by atoms with E-state index in [1.54, 1.807) is 36.9 Å². The van der Waals surface area contributed by atoms with E-state index in [4.69, 9.17) is 16.3 Å². The van der Waals surface area contributed by atoms with Crippen LogP contribution in [-0.4, -0.2) is 14.7 Å². The molecule has 47 heavy (non-hydrogen) atoms. The molecule has 0 saturated heterocycles. The molecule has 2 aromatic heterocycles. The molecular weight excluding hydrogens is 764 g/mol. The fraction of sp³-hybridized carbons (Fsp3) is 0.150. The Kier molecular flexibility index (Phi) is 6.51. The number of para-hydroxylation sites is 4. The van der Waals surface area contributed by atoms with Crippen molar-refractivity contribution in [2.75, 3.05) is 9.80 Å². The third kappa shape index (κ3) is 5.12. The zero-order valence-corrected chi connectivity index (χ0v) is 28.2. The zero-order chi connectivity index (χ0) is 35.9. The summed E-state index contributed by atoms with van der Waals surface area (Å²) in [4.78, 5) is 8.71. The quantitative estimate of drug-likeness (QED) is 0.170. The van der Waals surface area contributed by atoms with Crippen LogP contribution in [0, 0.1) is 12.7 Å². The summed E-state index contributed by atoms with van der Waals surface area (Å²) in [6.45, 7) is 4.08. The maximum Gasteiger partial charge on any atom is 2.00 e. The van der Waals surface area contributed by atoms with Crippen molar-refractivity contribution in [3.63, 3.8) is 0 Å². The molecule has 7 aromatic rings. The van der Waals surface area contributed by atoms with E-state index in [0.29, 0.717) is 50.6 Å². The number of aromatic hydroxyl groups is 1. The number of furan rings is 1. The second kappa shape index (κ2) is 12.1. The Bertz CT molecular complexity index is 2510. The second-order valence-electron chi connectivity index (χ2n) is 11.7. The smallest absolute Gasteiger partial charge is 0.506 e. The van der Waals surface area contributed by atoms with Crippen molar-refractivity contribution < 1.29 is 37.4 Å². The van der Waals surface area contributed by atoms with Gasteiger partial charge in [-0.05, 0) is 65.6 Å². The molecule has 0 spiro atoms. The summed E-state index contributed by atoms with van der Waals surface area (Å²) in [7, 11) is 0. The van der Waals surface area contributed by atoms with Gasteiger partial charge in [0.05, 0.1) is 22.5 Å². The maximum absolute atomic E-state index is 11.0. The Morgan fingerprint density at radius 2 is 1.55 bits per heavy atom. The summed E-state index contributed by atoms with van der Waals surface area (Å²) in [5.41, 5.74) is 5.77. The predicted octanol–water partition coefficient (Wildman–Crippen LogP) is 10.3. The van der Waals surface area contributed by atoms with Gasteiger partial charge >= 0.3 is 21.1 Å². The molecule has 6 nitrogen and oxygen atoms in total. The molecule has 0 fully saturated rings. The molecule has 7 heteroatoms. The number of anilines is 2. The van der Waals surface area contributed by atoms with Crippen LogP contribution in [0.4, 0.5) is 11.4 Å². The van der Waals surface area contributed by atoms with Crippen molar-refractivity contribution in [1.82, 2.24) is 9.55 Å². The van der Waals surface area contributed by atoms with Gasteiger partial charge in [-0.25, -0.2) is 0 Å². The first-order chi connectivity index (χ1) is 24.2. The SMILES string of the molecule is [2H]C(C)(C)c1cccc(C([2H])(C)C([2H])([2H])[2H])c1-n1c(-c2[c-]c(N3C=CN(c4c(O)ccc5c4oc4ccccc45)[CH-]3)ccc2)nc2ccccc21.[Pt+2]. The van der Waals surface area contributed by atoms with E-state index in [9.17, 15) is 5.11 Å². The number of aromatic nitrogens is 2. The van der Waals surface area contributed by atoms with Crippen LogP contribution in [0.2, 0.25) is 0 Å². The van der Waals surface area contributed by atoms with Crippen molar-refractivity contribution in [3.8, 4) is 22.8 Å². The summed E-state index contributed by atoms with van der Waals surface area (Å²) in [6.07, 6.45) is 3.69. The fourth-order valence-corrected chi connectivity index (χ4v) is 6.30. The Morgan fingerprint density at radius 3 is 2.38 bits per heavy atom. The molecular formula is C40H34N4O2Pt. The van der Waals surface area contributed by atoms with Crippen LogP contribution >= 0.6 is 0 Å². The number of phenolic OH excluding ortho intramolecular Hbond substituents is 1. The van der Waals surface area contributed by atoms with Crippen LogP contribution in [0.5, 0.6) is 5.75 Å². The van der Waals surface area contributed by atoms with E-state index >= 15 is 0 Å². The molecule has 1 atom stereocenters. The van der Waals surface area contributed by atoms with Crippen LogP contribution in [0.3, 0.4) is 0 Å². The third-order valence-electron chi connectivity index (χ3n) is 8.46. The molecule has 1 N–H and O–H groups in total. The van der Waals surface area contributed by atoms with Crippen molar-refractivity contribution >= 4 is 44.3 Å². The normalized spacial score (nSPS) is 16.4. The minimum Gasteiger partial charge on any atom is -0.506 e. The van der Waals surface area contributed by atoms with Crippen molar-refractivity contribution in [1.29, 1.82) is 0 Å². The Morgan fingerprint density at radius 1 is 0.809 bits per heavy atom. The number of nitrogens with zero attached hydrogens (tertiary/aromatic N) is 4. The monoisotopic (exact) mass is 802 g/mol. The summed E-state index contributed by atoms with van der Waals surface area (Å²) in [5, 5.41) is 12.9. The van der Waals surface area contributed by atoms with Gasteiger partial charge in [0.1, 0.15) is 11.3 Å². The molecule has 8 rings (SSSR count). The van der Waals surface area contributed by atoms with Crippen LogP contribution in [0.1, 0.15) is 57.4 Å². The summed E-state index contributed by atoms with van der Waals surface area (Å²) in [5.74, 6) is -2.58. The van der Waals surface area contributed by atoms with E-state index in [1.165, 1.54) is 6.92 Å². The van der Waals surface area contributed by atoms with E-state index in [-0.39, 0.29) is 32.4 Å². The fourth-order valence-electron chi connectivity index (χ4n) is 6.30. The van der Waals surface area contributed by atoms with Crippen LogP contribution in [-0.2, 0) is 21.1 Å². The van der Waals surface area contributed by atoms with Gasteiger partial charge in [0, 0.05) is 23.3 Å². The van der Waals surface area contributed by atoms with Gasteiger partial charge in [0.25, 0.3) is 0 Å². The first-order valence-electron chi connectivity index (χ1n) is 17.6.